The molecule has 0 aliphatic rings. The molecule has 1 aromatic rings. The first-order valence-electron chi connectivity index (χ1n) is 10.7. The second-order valence-electron chi connectivity index (χ2n) is 8.46. The molecule has 8 N–H and O–H groups in total. The highest BCUT2D eigenvalue weighted by molar-refractivity contribution is 5.94. The number of nitrogens with two attached hydrogens (primary N) is 1. The number of nitrogens with one attached hydrogen (secondary N) is 3. The van der Waals surface area contributed by atoms with E-state index < -0.39 is 54.0 Å². The van der Waals surface area contributed by atoms with Crippen molar-refractivity contribution >= 4 is 23.7 Å². The van der Waals surface area contributed by atoms with Crippen LogP contribution in [0.15, 0.2) is 24.3 Å². The van der Waals surface area contributed by atoms with Crippen LogP contribution in [0, 0.1) is 5.92 Å². The van der Waals surface area contributed by atoms with Gasteiger partial charge in [-0.15, -0.1) is 0 Å². The molecule has 0 saturated carbocycles. The largest absolute Gasteiger partial charge is 0.508 e. The van der Waals surface area contributed by atoms with E-state index in [9.17, 15) is 29.4 Å². The lowest BCUT2D eigenvalue weighted by Gasteiger charge is -2.26. The Morgan fingerprint density at radius 2 is 1.39 bits per heavy atom. The molecular formula is C22H34N4O7. The minimum absolute atomic E-state index is 0.00464. The number of aliphatic hydroxyl groups is 1. The van der Waals surface area contributed by atoms with Crippen LogP contribution in [-0.2, 0) is 25.6 Å². The zero-order chi connectivity index (χ0) is 25.3. The molecule has 0 bridgehead atoms. The van der Waals surface area contributed by atoms with E-state index in [0.29, 0.717) is 5.56 Å². The fourth-order valence-corrected chi connectivity index (χ4v) is 2.91. The molecule has 1 rings (SSSR count). The number of phenols is 1. The maximum absolute atomic E-state index is 13.1. The topological polar surface area (TPSA) is 191 Å². The van der Waals surface area contributed by atoms with Crippen molar-refractivity contribution in [3.05, 3.63) is 29.8 Å². The van der Waals surface area contributed by atoms with E-state index in [2.05, 4.69) is 16.0 Å². The molecule has 0 spiro atoms. The molecule has 0 aromatic heterocycles. The van der Waals surface area contributed by atoms with Crippen LogP contribution in [0.4, 0.5) is 0 Å². The van der Waals surface area contributed by atoms with Gasteiger partial charge in [-0.1, -0.05) is 26.0 Å². The summed E-state index contributed by atoms with van der Waals surface area (Å²) in [6.45, 7) is 6.32. The Morgan fingerprint density at radius 1 is 0.879 bits per heavy atom. The first kappa shape index (κ1) is 27.9. The third-order valence-corrected chi connectivity index (χ3v) is 4.90. The minimum Gasteiger partial charge on any atom is -0.508 e. The van der Waals surface area contributed by atoms with Crippen molar-refractivity contribution in [2.75, 3.05) is 0 Å². The van der Waals surface area contributed by atoms with Crippen molar-refractivity contribution in [2.24, 2.45) is 11.7 Å². The van der Waals surface area contributed by atoms with Crippen LogP contribution in [0.3, 0.4) is 0 Å². The molecule has 1 aromatic carbocycles. The van der Waals surface area contributed by atoms with Gasteiger partial charge in [0.2, 0.25) is 17.7 Å². The maximum atomic E-state index is 13.1. The molecule has 0 aliphatic heterocycles. The van der Waals surface area contributed by atoms with Crippen molar-refractivity contribution in [3.63, 3.8) is 0 Å². The van der Waals surface area contributed by atoms with E-state index in [1.807, 2.05) is 13.8 Å². The van der Waals surface area contributed by atoms with Gasteiger partial charge in [0.25, 0.3) is 0 Å². The van der Waals surface area contributed by atoms with Gasteiger partial charge in [-0.05, 0) is 43.9 Å². The number of phenolic OH excluding ortho intramolecular Hbond substituents is 1. The van der Waals surface area contributed by atoms with Crippen LogP contribution in [0.5, 0.6) is 5.75 Å². The van der Waals surface area contributed by atoms with Crippen molar-refractivity contribution in [3.8, 4) is 5.75 Å². The molecule has 11 nitrogen and oxygen atoms in total. The molecule has 3 amide bonds. The number of carboxylic acid groups (broad SMARTS) is 1. The number of aliphatic hydroxyl groups excluding tert-OH is 1. The normalized spacial score (nSPS) is 15.6. The summed E-state index contributed by atoms with van der Waals surface area (Å²) >= 11 is 0. The van der Waals surface area contributed by atoms with Gasteiger partial charge in [0.15, 0.2) is 0 Å². The number of aliphatic carboxylic acids is 1. The van der Waals surface area contributed by atoms with Crippen LogP contribution >= 0.6 is 0 Å². The summed E-state index contributed by atoms with van der Waals surface area (Å²) in [4.78, 5) is 49.2. The zero-order valence-corrected chi connectivity index (χ0v) is 19.2. The summed E-state index contributed by atoms with van der Waals surface area (Å²) in [6.07, 6.45) is -0.900. The van der Waals surface area contributed by atoms with Gasteiger partial charge in [0.1, 0.15) is 29.9 Å². The molecular weight excluding hydrogens is 432 g/mol. The molecule has 0 heterocycles. The molecule has 0 aliphatic carbocycles. The second-order valence-corrected chi connectivity index (χ2v) is 8.46. The van der Waals surface area contributed by atoms with Gasteiger partial charge >= 0.3 is 5.97 Å². The molecule has 0 fully saturated rings. The highest BCUT2D eigenvalue weighted by Crippen LogP contribution is 2.12. The number of carboxylic acids is 1. The summed E-state index contributed by atoms with van der Waals surface area (Å²) in [5.41, 5.74) is 6.29. The fraction of sp³-hybridized carbons (Fsp3) is 0.545. The van der Waals surface area contributed by atoms with Gasteiger partial charge in [-0.3, -0.25) is 19.2 Å². The lowest BCUT2D eigenvalue weighted by atomic mass is 10.0. The van der Waals surface area contributed by atoms with Crippen molar-refractivity contribution in [1.82, 2.24) is 16.0 Å². The Bertz CT molecular complexity index is 827. The number of hydrogen-bond donors (Lipinski definition) is 7. The number of benzene rings is 1. The van der Waals surface area contributed by atoms with Crippen LogP contribution < -0.4 is 21.7 Å². The fourth-order valence-electron chi connectivity index (χ4n) is 2.91. The Balaban J connectivity index is 3.09. The van der Waals surface area contributed by atoms with Gasteiger partial charge in [0.05, 0.1) is 6.10 Å². The number of carbonyl (C=O) groups excluding carboxylic acids is 3. The third-order valence-electron chi connectivity index (χ3n) is 4.90. The molecule has 11 heteroatoms. The maximum Gasteiger partial charge on any atom is 0.325 e. The monoisotopic (exact) mass is 466 g/mol. The highest BCUT2D eigenvalue weighted by Gasteiger charge is 2.30. The number of rotatable bonds is 12. The Labute approximate surface area is 192 Å². The summed E-state index contributed by atoms with van der Waals surface area (Å²) in [6, 6.07) is 1.39. The standard InChI is InChI=1S/C22H34N4O7/c1-11(2)9-16(19(29)24-12(3)22(32)33)25-20(30)17(26-21(31)18(23)13(4)27)10-14-5-7-15(28)8-6-14/h5-8,11-13,16-18,27-28H,9-10,23H2,1-4H3,(H,24,29)(H,25,30)(H,26,31)(H,32,33). The number of amides is 3. The summed E-state index contributed by atoms with van der Waals surface area (Å²) < 4.78 is 0. The van der Waals surface area contributed by atoms with Crippen LogP contribution in [-0.4, -0.2) is 69.3 Å². The van der Waals surface area contributed by atoms with E-state index in [4.69, 9.17) is 10.8 Å². The van der Waals surface area contributed by atoms with Gasteiger partial charge in [0, 0.05) is 6.42 Å². The van der Waals surface area contributed by atoms with Crippen LogP contribution in [0.1, 0.15) is 39.7 Å². The lowest BCUT2D eigenvalue weighted by molar-refractivity contribution is -0.142. The molecule has 5 atom stereocenters. The lowest BCUT2D eigenvalue weighted by Crippen LogP contribution is -2.58. The summed E-state index contributed by atoms with van der Waals surface area (Å²) in [5.74, 6) is -3.30. The predicted molar refractivity (Wildman–Crippen MR) is 120 cm³/mol. The smallest absolute Gasteiger partial charge is 0.325 e. The number of aromatic hydroxyl groups is 1. The zero-order valence-electron chi connectivity index (χ0n) is 19.2. The van der Waals surface area contributed by atoms with E-state index >= 15 is 0 Å². The van der Waals surface area contributed by atoms with Crippen molar-refractivity contribution in [2.45, 2.75) is 70.8 Å². The Kier molecular flexibility index (Phi) is 10.8. The Morgan fingerprint density at radius 3 is 1.88 bits per heavy atom. The van der Waals surface area contributed by atoms with Crippen LogP contribution in [0.2, 0.25) is 0 Å². The molecule has 0 saturated heterocycles. The van der Waals surface area contributed by atoms with E-state index in [1.54, 1.807) is 12.1 Å². The van der Waals surface area contributed by atoms with Gasteiger partial charge in [-0.25, -0.2) is 0 Å². The first-order valence-corrected chi connectivity index (χ1v) is 10.7. The first-order chi connectivity index (χ1) is 15.3. The molecule has 5 unspecified atom stereocenters. The third kappa shape index (κ3) is 9.46. The summed E-state index contributed by atoms with van der Waals surface area (Å²) in [5, 5.41) is 35.5. The average molecular weight is 467 g/mol. The van der Waals surface area contributed by atoms with E-state index in [-0.39, 0.29) is 24.5 Å². The van der Waals surface area contributed by atoms with Crippen molar-refractivity contribution in [1.29, 1.82) is 0 Å². The quantitative estimate of drug-likeness (QED) is 0.209. The summed E-state index contributed by atoms with van der Waals surface area (Å²) in [7, 11) is 0. The van der Waals surface area contributed by atoms with E-state index in [0.717, 1.165) is 0 Å². The minimum atomic E-state index is -1.27. The number of carbonyl (C=O) groups is 4. The predicted octanol–water partition coefficient (Wildman–Crippen LogP) is -0.752. The highest BCUT2D eigenvalue weighted by atomic mass is 16.4. The Hall–Kier alpha value is -3.18. The SMILES string of the molecule is CC(C)CC(NC(=O)C(Cc1ccc(O)cc1)NC(=O)C(N)C(C)O)C(=O)NC(C)C(=O)O. The second kappa shape index (κ2) is 12.8. The van der Waals surface area contributed by atoms with Crippen molar-refractivity contribution < 1.29 is 34.5 Å². The van der Waals surface area contributed by atoms with Crippen LogP contribution in [0.25, 0.3) is 0 Å². The molecule has 184 valence electrons. The van der Waals surface area contributed by atoms with E-state index in [1.165, 1.54) is 26.0 Å². The average Bonchev–Trinajstić information content (AvgIpc) is 2.72. The molecule has 33 heavy (non-hydrogen) atoms. The molecule has 0 radical (unpaired) electrons. The van der Waals surface area contributed by atoms with Gasteiger partial charge < -0.3 is 37.0 Å². The number of hydrogen-bond acceptors (Lipinski definition) is 7. The van der Waals surface area contributed by atoms with Gasteiger partial charge in [-0.2, -0.15) is 0 Å².